The zero-order chi connectivity index (χ0) is 23.6. The Morgan fingerprint density at radius 2 is 1.67 bits per heavy atom. The Balaban J connectivity index is 1.29. The summed E-state index contributed by atoms with van der Waals surface area (Å²) in [5.41, 5.74) is 0.243. The van der Waals surface area contributed by atoms with Crippen molar-refractivity contribution in [3.63, 3.8) is 0 Å². The van der Waals surface area contributed by atoms with Crippen LogP contribution in [0.25, 0.3) is 0 Å². The van der Waals surface area contributed by atoms with Gasteiger partial charge in [0, 0.05) is 57.1 Å². The number of piperidine rings is 1. The maximum atomic E-state index is 13.1. The highest BCUT2D eigenvalue weighted by molar-refractivity contribution is 6.33. The molecule has 0 atom stereocenters. The number of alkyl halides is 3. The van der Waals surface area contributed by atoms with Crippen LogP contribution in [0.15, 0.2) is 36.5 Å². The molecule has 33 heavy (non-hydrogen) atoms. The average Bonchev–Trinajstić information content (AvgIpc) is 2.83. The smallest absolute Gasteiger partial charge is 0.417 e. The van der Waals surface area contributed by atoms with Gasteiger partial charge in [0.25, 0.3) is 0 Å². The number of piperazine rings is 1. The van der Waals surface area contributed by atoms with Crippen molar-refractivity contribution in [1.82, 2.24) is 9.88 Å². The lowest BCUT2D eigenvalue weighted by molar-refractivity contribution is -0.138. The van der Waals surface area contributed by atoms with Crippen LogP contribution in [-0.4, -0.2) is 62.2 Å². The van der Waals surface area contributed by atoms with Gasteiger partial charge in [0.05, 0.1) is 17.7 Å². The lowest BCUT2D eigenvalue weighted by Crippen LogP contribution is -2.51. The normalized spacial score (nSPS) is 17.9. The lowest BCUT2D eigenvalue weighted by Gasteiger charge is -2.39. The van der Waals surface area contributed by atoms with Gasteiger partial charge in [-0.25, -0.2) is 4.98 Å². The number of methoxy groups -OCH3 is 1. The molecule has 2 aliphatic rings. The molecule has 0 radical (unpaired) electrons. The first kappa shape index (κ1) is 23.5. The van der Waals surface area contributed by atoms with Crippen LogP contribution in [0.1, 0.15) is 18.4 Å². The third-order valence-electron chi connectivity index (χ3n) is 6.32. The molecule has 1 amide bonds. The second kappa shape index (κ2) is 9.67. The number of pyridine rings is 1. The Bertz CT molecular complexity index is 971. The Labute approximate surface area is 195 Å². The van der Waals surface area contributed by atoms with Crippen molar-refractivity contribution in [2.75, 3.05) is 56.2 Å². The summed E-state index contributed by atoms with van der Waals surface area (Å²) in [6.45, 7) is 3.92. The highest BCUT2D eigenvalue weighted by Gasteiger charge is 2.34. The number of benzene rings is 1. The number of hydrogen-bond donors (Lipinski definition) is 0. The molecular weight excluding hydrogens is 457 g/mol. The zero-order valence-electron chi connectivity index (χ0n) is 18.3. The summed E-state index contributed by atoms with van der Waals surface area (Å²) in [6.07, 6.45) is -2.43. The maximum Gasteiger partial charge on any atom is 0.417 e. The molecule has 0 bridgehead atoms. The number of amides is 1. The van der Waals surface area contributed by atoms with Gasteiger partial charge in [0.15, 0.2) is 0 Å². The van der Waals surface area contributed by atoms with E-state index in [0.717, 1.165) is 36.8 Å². The molecule has 3 heterocycles. The minimum atomic E-state index is -4.48. The molecule has 0 unspecified atom stereocenters. The van der Waals surface area contributed by atoms with E-state index in [0.29, 0.717) is 44.8 Å². The fourth-order valence-corrected chi connectivity index (χ4v) is 4.68. The Hall–Kier alpha value is -2.68. The molecule has 0 saturated carbocycles. The fourth-order valence-electron chi connectivity index (χ4n) is 4.39. The van der Waals surface area contributed by atoms with Crippen LogP contribution in [0.2, 0.25) is 5.02 Å². The lowest BCUT2D eigenvalue weighted by atomic mass is 9.95. The molecule has 1 aromatic heterocycles. The number of hydrogen-bond acceptors (Lipinski definition) is 5. The van der Waals surface area contributed by atoms with Crippen molar-refractivity contribution in [1.29, 1.82) is 0 Å². The van der Waals surface area contributed by atoms with E-state index >= 15 is 0 Å². The van der Waals surface area contributed by atoms with Crippen molar-refractivity contribution in [2.24, 2.45) is 5.92 Å². The predicted octanol–water partition coefficient (Wildman–Crippen LogP) is 4.33. The largest absolute Gasteiger partial charge is 0.497 e. The van der Waals surface area contributed by atoms with Gasteiger partial charge in [0.1, 0.15) is 11.6 Å². The third-order valence-corrected chi connectivity index (χ3v) is 6.60. The van der Waals surface area contributed by atoms with Crippen LogP contribution in [-0.2, 0) is 11.0 Å². The number of anilines is 2. The molecule has 2 aromatic rings. The van der Waals surface area contributed by atoms with Crippen LogP contribution in [0.4, 0.5) is 24.7 Å². The molecule has 0 spiro atoms. The highest BCUT2D eigenvalue weighted by Crippen LogP contribution is 2.35. The van der Waals surface area contributed by atoms with E-state index in [1.165, 1.54) is 0 Å². The van der Waals surface area contributed by atoms with Crippen molar-refractivity contribution in [3.8, 4) is 5.75 Å². The average molecular weight is 483 g/mol. The van der Waals surface area contributed by atoms with Gasteiger partial charge >= 0.3 is 6.18 Å². The second-order valence-corrected chi connectivity index (χ2v) is 8.71. The molecule has 178 valence electrons. The molecule has 1 aromatic carbocycles. The van der Waals surface area contributed by atoms with E-state index in [9.17, 15) is 18.0 Å². The number of carbonyl (C=O) groups is 1. The summed E-state index contributed by atoms with van der Waals surface area (Å²) < 4.78 is 43.7. The standard InChI is InChI=1S/C23H26ClF3N4O2/c1-33-19-4-2-18(3-5-19)29-10-12-31(13-11-29)22(32)16-6-8-30(9-7-16)21-20(24)14-17(15-28-21)23(25,26)27/h2-5,14-16H,6-13H2,1H3. The van der Waals surface area contributed by atoms with Crippen LogP contribution >= 0.6 is 11.6 Å². The topological polar surface area (TPSA) is 48.9 Å². The number of aromatic nitrogens is 1. The van der Waals surface area contributed by atoms with E-state index in [1.54, 1.807) is 7.11 Å². The van der Waals surface area contributed by atoms with Gasteiger partial charge in [-0.05, 0) is 43.2 Å². The SMILES string of the molecule is COc1ccc(N2CCN(C(=O)C3CCN(c4ncc(C(F)(F)F)cc4Cl)CC3)CC2)cc1. The molecule has 2 aliphatic heterocycles. The molecule has 0 N–H and O–H groups in total. The predicted molar refractivity (Wildman–Crippen MR) is 121 cm³/mol. The van der Waals surface area contributed by atoms with Crippen molar-refractivity contribution < 1.29 is 22.7 Å². The number of nitrogens with zero attached hydrogens (tertiary/aromatic N) is 4. The molecule has 6 nitrogen and oxygen atoms in total. The summed E-state index contributed by atoms with van der Waals surface area (Å²) in [6, 6.07) is 8.80. The Morgan fingerprint density at radius 1 is 1.03 bits per heavy atom. The summed E-state index contributed by atoms with van der Waals surface area (Å²) in [5.74, 6) is 1.20. The van der Waals surface area contributed by atoms with E-state index in [4.69, 9.17) is 16.3 Å². The first-order chi connectivity index (χ1) is 15.8. The molecular formula is C23H26ClF3N4O2. The van der Waals surface area contributed by atoms with Gasteiger partial charge in [-0.1, -0.05) is 11.6 Å². The first-order valence-corrected chi connectivity index (χ1v) is 11.3. The second-order valence-electron chi connectivity index (χ2n) is 8.30. The number of halogens is 4. The minimum Gasteiger partial charge on any atom is -0.497 e. The van der Waals surface area contributed by atoms with E-state index in [2.05, 4.69) is 9.88 Å². The van der Waals surface area contributed by atoms with Gasteiger partial charge < -0.3 is 19.4 Å². The number of ether oxygens (including phenoxy) is 1. The monoisotopic (exact) mass is 482 g/mol. The molecule has 4 rings (SSSR count). The van der Waals surface area contributed by atoms with E-state index < -0.39 is 11.7 Å². The first-order valence-electron chi connectivity index (χ1n) is 10.9. The zero-order valence-corrected chi connectivity index (χ0v) is 19.1. The van der Waals surface area contributed by atoms with Gasteiger partial charge in [0.2, 0.25) is 5.91 Å². The van der Waals surface area contributed by atoms with Gasteiger partial charge in [-0.3, -0.25) is 4.79 Å². The molecule has 10 heteroatoms. The van der Waals surface area contributed by atoms with Crippen molar-refractivity contribution in [2.45, 2.75) is 19.0 Å². The Morgan fingerprint density at radius 3 is 2.21 bits per heavy atom. The summed E-state index contributed by atoms with van der Waals surface area (Å²) in [5, 5.41) is -0.0238. The molecule has 2 fully saturated rings. The van der Waals surface area contributed by atoms with Gasteiger partial charge in [-0.15, -0.1) is 0 Å². The minimum absolute atomic E-state index is 0.0238. The van der Waals surface area contributed by atoms with Crippen LogP contribution in [0.3, 0.4) is 0 Å². The van der Waals surface area contributed by atoms with Crippen LogP contribution in [0, 0.1) is 5.92 Å². The maximum absolute atomic E-state index is 13.1. The van der Waals surface area contributed by atoms with Crippen LogP contribution in [0.5, 0.6) is 5.75 Å². The summed E-state index contributed by atoms with van der Waals surface area (Å²) in [7, 11) is 1.64. The number of rotatable bonds is 4. The van der Waals surface area contributed by atoms with Gasteiger partial charge in [-0.2, -0.15) is 13.2 Å². The van der Waals surface area contributed by atoms with E-state index in [-0.39, 0.29) is 16.8 Å². The van der Waals surface area contributed by atoms with Crippen molar-refractivity contribution in [3.05, 3.63) is 47.1 Å². The quantitative estimate of drug-likeness (QED) is 0.649. The summed E-state index contributed by atoms with van der Waals surface area (Å²) in [4.78, 5) is 23.0. The molecule has 0 aliphatic carbocycles. The van der Waals surface area contributed by atoms with Crippen LogP contribution < -0.4 is 14.5 Å². The highest BCUT2D eigenvalue weighted by atomic mass is 35.5. The summed E-state index contributed by atoms with van der Waals surface area (Å²) >= 11 is 6.08. The van der Waals surface area contributed by atoms with E-state index in [1.807, 2.05) is 34.1 Å². The fraction of sp³-hybridized carbons (Fsp3) is 0.478. The molecule has 2 saturated heterocycles. The Kier molecular flexibility index (Phi) is 6.88. The third kappa shape index (κ3) is 5.29. The number of carbonyl (C=O) groups excluding carboxylic acids is 1. The van der Waals surface area contributed by atoms with Crippen molar-refractivity contribution >= 4 is 29.0 Å².